The molecule has 2 atom stereocenters. The molecule has 0 fully saturated rings. The Kier molecular flexibility index (Phi) is 24.3. The summed E-state index contributed by atoms with van der Waals surface area (Å²) < 4.78 is 30.2. The van der Waals surface area contributed by atoms with E-state index in [1.807, 2.05) is 21.0 Å². The summed E-state index contributed by atoms with van der Waals surface area (Å²) in [5.74, 6) is -0.165. The van der Waals surface area contributed by atoms with Crippen LogP contribution in [-0.4, -0.2) is 51.4 Å². The van der Waals surface area contributed by atoms with E-state index >= 15 is 0 Å². The number of carbonyl (C=O) groups excluding carboxylic acids is 1. The van der Waals surface area contributed by atoms with Crippen molar-refractivity contribution in [3.05, 3.63) is 24.5 Å². The molecular weight excluding hydrogens is 577 g/mol. The van der Waals surface area contributed by atoms with Gasteiger partial charge in [-0.05, 0) is 25.7 Å². The van der Waals surface area contributed by atoms with E-state index < -0.39 is 13.9 Å². The fourth-order valence-corrected chi connectivity index (χ4v) is 5.92. The lowest BCUT2D eigenvalue weighted by atomic mass is 10.0. The maximum absolute atomic E-state index is 12.3. The third-order valence-corrected chi connectivity index (χ3v) is 8.86. The van der Waals surface area contributed by atoms with E-state index in [9.17, 15) is 14.3 Å². The Morgan fingerprint density at radius 3 is 1.95 bits per heavy atom. The number of nitrogens with one attached hydrogen (secondary N) is 1. The molecule has 0 radical (unpaired) electrons. The molecule has 1 amide bonds. The first-order valence-corrected chi connectivity index (χ1v) is 19.0. The highest BCUT2D eigenvalue weighted by molar-refractivity contribution is 7.47. The van der Waals surface area contributed by atoms with Crippen molar-refractivity contribution in [1.82, 2.24) is 5.32 Å². The quantitative estimate of drug-likeness (QED) is 0.0513. The highest BCUT2D eigenvalue weighted by Gasteiger charge is 2.23. The van der Waals surface area contributed by atoms with Crippen LogP contribution in [0.2, 0.25) is 0 Å². The van der Waals surface area contributed by atoms with Crippen LogP contribution in [0.4, 0.5) is 10.5 Å². The minimum Gasteiger partial charge on any atom is -0.449 e. The van der Waals surface area contributed by atoms with E-state index in [2.05, 4.69) is 46.2 Å². The van der Waals surface area contributed by atoms with Gasteiger partial charge in [-0.2, -0.15) is 0 Å². The number of alkyl carbamates (subject to hydrolysis) is 1. The molecule has 1 aromatic rings. The van der Waals surface area contributed by atoms with Gasteiger partial charge in [0.05, 0.1) is 19.8 Å². The lowest BCUT2D eigenvalue weighted by Crippen LogP contribution is -2.32. The molecule has 0 bridgehead atoms. The summed E-state index contributed by atoms with van der Waals surface area (Å²) in [5.41, 5.74) is 1.16. The number of phosphoric ester groups is 1. The lowest BCUT2D eigenvalue weighted by Gasteiger charge is -2.19. The third-order valence-electron chi connectivity index (χ3n) is 7.88. The molecule has 2 N–H and O–H groups in total. The van der Waals surface area contributed by atoms with Crippen LogP contribution in [0.3, 0.4) is 0 Å². The molecule has 0 aromatic carbocycles. The van der Waals surface area contributed by atoms with E-state index in [1.165, 1.54) is 70.6 Å². The average Bonchev–Trinajstić information content (AvgIpc) is 3.00. The van der Waals surface area contributed by atoms with Crippen molar-refractivity contribution >= 4 is 19.6 Å². The number of anilines is 1. The third kappa shape index (κ3) is 22.8. The Bertz CT molecular complexity index is 871. The number of amides is 1. The van der Waals surface area contributed by atoms with E-state index in [0.29, 0.717) is 13.0 Å². The minimum atomic E-state index is -4.15. The average molecular weight is 643 g/mol. The highest BCUT2D eigenvalue weighted by Crippen LogP contribution is 2.44. The number of aryl methyl sites for hydroxylation is 1. The van der Waals surface area contributed by atoms with E-state index in [1.54, 1.807) is 0 Å². The van der Waals surface area contributed by atoms with Crippen molar-refractivity contribution in [1.29, 1.82) is 0 Å². The zero-order chi connectivity index (χ0) is 32.3. The lowest BCUT2D eigenvalue weighted by molar-refractivity contribution is -0.697. The first-order chi connectivity index (χ1) is 21.3. The second-order valence-corrected chi connectivity index (χ2v) is 13.7. The number of hydrogen-bond donors (Lipinski definition) is 2. The Balaban J connectivity index is 2.06. The molecule has 44 heavy (non-hydrogen) atoms. The number of carbonyl (C=O) groups is 1. The van der Waals surface area contributed by atoms with Crippen molar-refractivity contribution in [2.24, 2.45) is 5.92 Å². The number of aromatic nitrogens is 1. The van der Waals surface area contributed by atoms with Gasteiger partial charge in [0, 0.05) is 50.8 Å². The van der Waals surface area contributed by atoms with Crippen molar-refractivity contribution < 1.29 is 32.6 Å². The van der Waals surface area contributed by atoms with Crippen LogP contribution in [0.15, 0.2) is 24.5 Å². The van der Waals surface area contributed by atoms with Gasteiger partial charge >= 0.3 is 13.9 Å². The summed E-state index contributed by atoms with van der Waals surface area (Å²) in [6, 6.07) is 4.15. The van der Waals surface area contributed by atoms with Gasteiger partial charge in [0.1, 0.15) is 6.54 Å². The molecule has 0 saturated heterocycles. The summed E-state index contributed by atoms with van der Waals surface area (Å²) >= 11 is 0. The van der Waals surface area contributed by atoms with Gasteiger partial charge in [-0.15, -0.1) is 0 Å². The van der Waals surface area contributed by atoms with Crippen LogP contribution in [0.1, 0.15) is 129 Å². The van der Waals surface area contributed by atoms with Gasteiger partial charge in [-0.3, -0.25) is 9.05 Å². The van der Waals surface area contributed by atoms with Crippen molar-refractivity contribution in [3.8, 4) is 0 Å². The van der Waals surface area contributed by atoms with Crippen LogP contribution in [0, 0.1) is 5.92 Å². The molecule has 0 spiro atoms. The Morgan fingerprint density at radius 2 is 1.39 bits per heavy atom. The van der Waals surface area contributed by atoms with Gasteiger partial charge in [0.25, 0.3) is 0 Å². The number of rotatable bonds is 29. The van der Waals surface area contributed by atoms with Crippen molar-refractivity contribution in [3.63, 3.8) is 0 Å². The van der Waals surface area contributed by atoms with Crippen LogP contribution >= 0.6 is 7.82 Å². The van der Waals surface area contributed by atoms with E-state index in [4.69, 9.17) is 13.8 Å². The normalized spacial score (nSPS) is 13.4. The van der Waals surface area contributed by atoms with Gasteiger partial charge in [0.2, 0.25) is 0 Å². The monoisotopic (exact) mass is 642 g/mol. The predicted molar refractivity (Wildman–Crippen MR) is 180 cm³/mol. The molecule has 0 aliphatic heterocycles. The maximum atomic E-state index is 12.3. The van der Waals surface area contributed by atoms with Crippen LogP contribution in [-0.2, 0) is 24.9 Å². The van der Waals surface area contributed by atoms with Gasteiger partial charge in [-0.1, -0.05) is 97.3 Å². The molecule has 0 aliphatic rings. The van der Waals surface area contributed by atoms with Crippen molar-refractivity contribution in [2.75, 3.05) is 45.4 Å². The summed E-state index contributed by atoms with van der Waals surface area (Å²) in [7, 11) is -0.119. The number of nitrogens with zero attached hydrogens (tertiary/aromatic N) is 2. The smallest absolute Gasteiger partial charge is 0.449 e. The molecule has 256 valence electrons. The zero-order valence-electron chi connectivity index (χ0n) is 28.5. The number of unbranched alkanes of at least 4 members (excludes halogenated alkanes) is 14. The van der Waals surface area contributed by atoms with Crippen LogP contribution in [0.25, 0.3) is 0 Å². The molecule has 9 nitrogen and oxygen atoms in total. The fraction of sp³-hybridized carbons (Fsp3) is 0.824. The standard InChI is InChI=1S/C34H64N3O6P/c1-5-7-8-9-10-11-12-13-14-15-16-17-19-25-35-34(38)41-30-32(22-6-2)31-43-44(39,40)42-29-21-18-20-26-37-27-23-33(24-28-37)36(3)4/h23-24,27-28,32H,5-22,25-26,29-31H2,1-4H3,(H-,35,38,39,40)/p+1. The van der Waals surface area contributed by atoms with Gasteiger partial charge in [0.15, 0.2) is 12.4 Å². The largest absolute Gasteiger partial charge is 0.472 e. The fourth-order valence-electron chi connectivity index (χ4n) is 5.09. The maximum Gasteiger partial charge on any atom is 0.472 e. The Labute approximate surface area is 269 Å². The van der Waals surface area contributed by atoms with Gasteiger partial charge in [-0.25, -0.2) is 13.9 Å². The molecule has 1 aromatic heterocycles. The first kappa shape index (κ1) is 40.4. The zero-order valence-corrected chi connectivity index (χ0v) is 29.4. The molecule has 2 unspecified atom stereocenters. The Hall–Kier alpha value is -1.67. The SMILES string of the molecule is CCCCCCCCCCCCCCCNC(=O)OCC(CCC)COP(=O)(O)OCCCCC[n+]1ccc(N(C)C)cc1. The molecule has 0 saturated carbocycles. The van der Waals surface area contributed by atoms with E-state index in [0.717, 1.165) is 50.8 Å². The topological polar surface area (TPSA) is 101 Å². The van der Waals surface area contributed by atoms with Gasteiger partial charge < -0.3 is 19.8 Å². The number of pyridine rings is 1. The van der Waals surface area contributed by atoms with Crippen LogP contribution in [0.5, 0.6) is 0 Å². The number of hydrogen-bond acceptors (Lipinski definition) is 6. The first-order valence-electron chi connectivity index (χ1n) is 17.5. The van der Waals surface area contributed by atoms with E-state index in [-0.39, 0.29) is 25.7 Å². The molecule has 10 heteroatoms. The number of ether oxygens (including phenoxy) is 1. The van der Waals surface area contributed by atoms with Crippen LogP contribution < -0.4 is 14.8 Å². The molecule has 0 aliphatic carbocycles. The summed E-state index contributed by atoms with van der Waals surface area (Å²) in [4.78, 5) is 24.3. The predicted octanol–water partition coefficient (Wildman–Crippen LogP) is 8.58. The molecule has 1 rings (SSSR count). The minimum absolute atomic E-state index is 0.00728. The summed E-state index contributed by atoms with van der Waals surface area (Å²) in [5, 5.41) is 2.82. The van der Waals surface area contributed by atoms with Crippen molar-refractivity contribution in [2.45, 2.75) is 136 Å². The highest BCUT2D eigenvalue weighted by atomic mass is 31.2. The summed E-state index contributed by atoms with van der Waals surface area (Å²) in [6.45, 7) is 6.08. The summed E-state index contributed by atoms with van der Waals surface area (Å²) in [6.07, 6.45) is 24.5. The molecule has 1 heterocycles. The molecular formula is C34H65N3O6P+. The number of phosphoric acid groups is 1. The Morgan fingerprint density at radius 1 is 0.818 bits per heavy atom. The second-order valence-electron chi connectivity index (χ2n) is 12.3. The second kappa shape index (κ2) is 26.5.